The first-order chi connectivity index (χ1) is 11.7. The summed E-state index contributed by atoms with van der Waals surface area (Å²) in [6, 6.07) is 14.6. The zero-order valence-corrected chi connectivity index (χ0v) is 14.8. The van der Waals surface area contributed by atoms with Crippen molar-refractivity contribution in [2.45, 2.75) is 12.8 Å². The standard InChI is InChI=1S/C9H12FN.C9H13NO.CH4O/c1-11-7-6-8-2-4-9(10)5-3-8;1-11-9-4-2-3-8(7-9)5-6-10;1-2/h2-5,11H,6-7H2,1H3;2-4,7H,5-6,10H2,1H3;2H,1H3. The van der Waals surface area contributed by atoms with Gasteiger partial charge in [-0.15, -0.1) is 0 Å². The molecule has 24 heavy (non-hydrogen) atoms. The van der Waals surface area contributed by atoms with E-state index in [-0.39, 0.29) is 5.82 Å². The molecule has 0 spiro atoms. The fourth-order valence-electron chi connectivity index (χ4n) is 1.92. The molecule has 2 aromatic carbocycles. The van der Waals surface area contributed by atoms with E-state index in [1.807, 2.05) is 37.4 Å². The largest absolute Gasteiger partial charge is 0.497 e. The van der Waals surface area contributed by atoms with Crippen LogP contribution in [0.15, 0.2) is 48.5 Å². The summed E-state index contributed by atoms with van der Waals surface area (Å²) in [5.41, 5.74) is 7.81. The molecule has 0 heterocycles. The number of likely N-dealkylation sites (N-methyl/N-ethyl adjacent to an activating group) is 1. The lowest BCUT2D eigenvalue weighted by Crippen LogP contribution is -2.10. The van der Waals surface area contributed by atoms with E-state index >= 15 is 0 Å². The van der Waals surface area contributed by atoms with Gasteiger partial charge >= 0.3 is 0 Å². The fraction of sp³-hybridized carbons (Fsp3) is 0.368. The normalized spacial score (nSPS) is 9.25. The maximum atomic E-state index is 12.4. The van der Waals surface area contributed by atoms with Gasteiger partial charge < -0.3 is 20.9 Å². The molecule has 0 aliphatic rings. The van der Waals surface area contributed by atoms with Crippen molar-refractivity contribution >= 4 is 0 Å². The molecule has 2 aromatic rings. The zero-order chi connectivity index (χ0) is 18.2. The summed E-state index contributed by atoms with van der Waals surface area (Å²) in [7, 11) is 4.57. The van der Waals surface area contributed by atoms with E-state index < -0.39 is 0 Å². The van der Waals surface area contributed by atoms with E-state index in [4.69, 9.17) is 15.6 Å². The fourth-order valence-corrected chi connectivity index (χ4v) is 1.92. The Morgan fingerprint density at radius 2 is 1.71 bits per heavy atom. The van der Waals surface area contributed by atoms with Gasteiger partial charge in [-0.25, -0.2) is 4.39 Å². The molecule has 4 nitrogen and oxygen atoms in total. The summed E-state index contributed by atoms with van der Waals surface area (Å²) in [5.74, 6) is 0.731. The van der Waals surface area contributed by atoms with Crippen molar-refractivity contribution in [3.63, 3.8) is 0 Å². The second kappa shape index (κ2) is 14.6. The second-order valence-electron chi connectivity index (χ2n) is 4.87. The van der Waals surface area contributed by atoms with Crippen LogP contribution < -0.4 is 15.8 Å². The van der Waals surface area contributed by atoms with Gasteiger partial charge in [0.05, 0.1) is 7.11 Å². The lowest BCUT2D eigenvalue weighted by Gasteiger charge is -2.01. The van der Waals surface area contributed by atoms with Crippen LogP contribution in [0, 0.1) is 5.82 Å². The number of aliphatic hydroxyl groups excluding tert-OH is 1. The summed E-state index contributed by atoms with van der Waals surface area (Å²) >= 11 is 0. The molecule has 0 saturated carbocycles. The Bertz CT molecular complexity index is 533. The smallest absolute Gasteiger partial charge is 0.123 e. The SMILES string of the molecule is CNCCc1ccc(F)cc1.CO.COc1cccc(CCN)c1. The van der Waals surface area contributed by atoms with Crippen LogP contribution in [0.3, 0.4) is 0 Å². The van der Waals surface area contributed by atoms with E-state index in [0.717, 1.165) is 32.2 Å². The van der Waals surface area contributed by atoms with Crippen LogP contribution in [0.4, 0.5) is 4.39 Å². The first-order valence-electron chi connectivity index (χ1n) is 7.86. The average Bonchev–Trinajstić information content (AvgIpc) is 2.64. The quantitative estimate of drug-likeness (QED) is 0.758. The zero-order valence-electron chi connectivity index (χ0n) is 14.8. The van der Waals surface area contributed by atoms with Crippen molar-refractivity contribution in [1.29, 1.82) is 0 Å². The molecule has 0 radical (unpaired) electrons. The summed E-state index contributed by atoms with van der Waals surface area (Å²) in [4.78, 5) is 0. The summed E-state index contributed by atoms with van der Waals surface area (Å²) < 4.78 is 17.5. The third-order valence-electron chi connectivity index (χ3n) is 3.14. The third kappa shape index (κ3) is 9.94. The molecule has 4 N–H and O–H groups in total. The molecule has 0 saturated heterocycles. The Kier molecular flexibility index (Phi) is 13.4. The van der Waals surface area contributed by atoms with Crippen LogP contribution in [-0.2, 0) is 12.8 Å². The van der Waals surface area contributed by atoms with Crippen molar-refractivity contribution in [2.75, 3.05) is 34.4 Å². The minimum atomic E-state index is -0.168. The number of nitrogens with one attached hydrogen (secondary N) is 1. The predicted molar refractivity (Wildman–Crippen MR) is 97.9 cm³/mol. The van der Waals surface area contributed by atoms with Gasteiger partial charge in [-0.1, -0.05) is 24.3 Å². The van der Waals surface area contributed by atoms with Crippen LogP contribution in [0.5, 0.6) is 5.75 Å². The number of hydrogen-bond donors (Lipinski definition) is 3. The molecule has 0 bridgehead atoms. The predicted octanol–water partition coefficient (Wildman–Crippen LogP) is 2.39. The van der Waals surface area contributed by atoms with Gasteiger partial charge in [0.2, 0.25) is 0 Å². The number of aliphatic hydroxyl groups is 1. The lowest BCUT2D eigenvalue weighted by atomic mass is 10.1. The molecule has 2 rings (SSSR count). The highest BCUT2D eigenvalue weighted by Crippen LogP contribution is 2.12. The summed E-state index contributed by atoms with van der Waals surface area (Å²) in [5, 5.41) is 10.0. The van der Waals surface area contributed by atoms with Crippen LogP contribution in [0.1, 0.15) is 11.1 Å². The van der Waals surface area contributed by atoms with E-state index in [2.05, 4.69) is 11.4 Å². The minimum absolute atomic E-state index is 0.168. The number of methoxy groups -OCH3 is 1. The van der Waals surface area contributed by atoms with Crippen molar-refractivity contribution in [1.82, 2.24) is 5.32 Å². The average molecular weight is 336 g/mol. The molecular formula is C19H29FN2O2. The van der Waals surface area contributed by atoms with Crippen LogP contribution in [-0.4, -0.2) is 39.5 Å². The molecule has 0 aliphatic heterocycles. The topological polar surface area (TPSA) is 67.5 Å². The Balaban J connectivity index is 0.000000400. The molecular weight excluding hydrogens is 307 g/mol. The molecule has 0 fully saturated rings. The number of halogens is 1. The Morgan fingerprint density at radius 3 is 2.25 bits per heavy atom. The number of benzene rings is 2. The first-order valence-corrected chi connectivity index (χ1v) is 7.86. The second-order valence-corrected chi connectivity index (χ2v) is 4.87. The Morgan fingerprint density at radius 1 is 1.04 bits per heavy atom. The van der Waals surface area contributed by atoms with Crippen LogP contribution >= 0.6 is 0 Å². The maximum Gasteiger partial charge on any atom is 0.123 e. The van der Waals surface area contributed by atoms with Crippen molar-refractivity contribution in [2.24, 2.45) is 5.73 Å². The van der Waals surface area contributed by atoms with E-state index in [1.54, 1.807) is 7.11 Å². The molecule has 0 unspecified atom stereocenters. The highest BCUT2D eigenvalue weighted by Gasteiger charge is 1.93. The third-order valence-corrected chi connectivity index (χ3v) is 3.14. The van der Waals surface area contributed by atoms with Gasteiger partial charge in [-0.3, -0.25) is 0 Å². The Hall–Kier alpha value is -1.95. The highest BCUT2D eigenvalue weighted by atomic mass is 19.1. The summed E-state index contributed by atoms with van der Waals surface area (Å²) in [6.07, 6.45) is 1.87. The van der Waals surface area contributed by atoms with Gasteiger partial charge in [0.25, 0.3) is 0 Å². The van der Waals surface area contributed by atoms with Gasteiger partial charge in [0.1, 0.15) is 11.6 Å². The lowest BCUT2D eigenvalue weighted by molar-refractivity contribution is 0.399. The molecule has 0 atom stereocenters. The van der Waals surface area contributed by atoms with Crippen LogP contribution in [0.2, 0.25) is 0 Å². The molecule has 0 amide bonds. The molecule has 0 aromatic heterocycles. The molecule has 0 aliphatic carbocycles. The van der Waals surface area contributed by atoms with Crippen molar-refractivity contribution in [3.8, 4) is 5.75 Å². The number of ether oxygens (including phenoxy) is 1. The highest BCUT2D eigenvalue weighted by molar-refractivity contribution is 5.28. The monoisotopic (exact) mass is 336 g/mol. The number of hydrogen-bond acceptors (Lipinski definition) is 4. The Labute approximate surface area is 144 Å². The van der Waals surface area contributed by atoms with Crippen molar-refractivity contribution < 1.29 is 14.2 Å². The number of rotatable bonds is 6. The minimum Gasteiger partial charge on any atom is -0.497 e. The number of nitrogens with two attached hydrogens (primary N) is 1. The first kappa shape index (κ1) is 22.1. The van der Waals surface area contributed by atoms with Crippen molar-refractivity contribution in [3.05, 3.63) is 65.5 Å². The van der Waals surface area contributed by atoms with E-state index in [0.29, 0.717) is 6.54 Å². The summed E-state index contributed by atoms with van der Waals surface area (Å²) in [6.45, 7) is 1.62. The van der Waals surface area contributed by atoms with Gasteiger partial charge in [0, 0.05) is 7.11 Å². The van der Waals surface area contributed by atoms with E-state index in [1.165, 1.54) is 23.3 Å². The van der Waals surface area contributed by atoms with Gasteiger partial charge in [-0.2, -0.15) is 0 Å². The maximum absolute atomic E-state index is 12.4. The molecule has 5 heteroatoms. The van der Waals surface area contributed by atoms with Gasteiger partial charge in [0.15, 0.2) is 0 Å². The van der Waals surface area contributed by atoms with Gasteiger partial charge in [-0.05, 0) is 68.4 Å². The van der Waals surface area contributed by atoms with E-state index in [9.17, 15) is 4.39 Å². The molecule has 134 valence electrons. The van der Waals surface area contributed by atoms with Crippen LogP contribution in [0.25, 0.3) is 0 Å².